The molecule has 0 amide bonds. The van der Waals surface area contributed by atoms with Gasteiger partial charge in [0.15, 0.2) is 0 Å². The average molecular weight is 574 g/mol. The van der Waals surface area contributed by atoms with Gasteiger partial charge in [0.25, 0.3) is 0 Å². The molecule has 1 aliphatic rings. The van der Waals surface area contributed by atoms with Crippen molar-refractivity contribution in [2.24, 2.45) is 0 Å². The molecule has 1 aliphatic heterocycles. The largest absolute Gasteiger partial charge is 0.490 e. The van der Waals surface area contributed by atoms with Crippen molar-refractivity contribution in [2.75, 3.05) is 13.1 Å². The Morgan fingerprint density at radius 2 is 2.00 bits per heavy atom. The van der Waals surface area contributed by atoms with Crippen LogP contribution in [0, 0.1) is 11.3 Å². The monoisotopic (exact) mass is 573 g/mol. The number of alkyl halides is 3. The number of H-pyrrole nitrogens is 1. The molecule has 1 N–H and O–H groups in total. The molecule has 4 aromatic rings. The Morgan fingerprint density at radius 3 is 2.73 bits per heavy atom. The molecule has 0 radical (unpaired) electrons. The molecule has 208 valence electrons. The molecular formula is C25H22F3N7O4S. The molecule has 1 fully saturated rings. The van der Waals surface area contributed by atoms with Gasteiger partial charge in [0.05, 0.1) is 35.3 Å². The number of halogens is 3. The highest BCUT2D eigenvalue weighted by molar-refractivity contribution is 7.89. The summed E-state index contributed by atoms with van der Waals surface area (Å²) in [5.74, 6) is -2.29. The molecule has 1 atom stereocenters. The summed E-state index contributed by atoms with van der Waals surface area (Å²) in [4.78, 5) is 22.6. The molecule has 1 unspecified atom stereocenters. The summed E-state index contributed by atoms with van der Waals surface area (Å²) in [6.45, 7) is -0.224. The van der Waals surface area contributed by atoms with Gasteiger partial charge in [-0.1, -0.05) is 12.1 Å². The molecule has 3 aromatic heterocycles. The van der Waals surface area contributed by atoms with E-state index in [0.29, 0.717) is 22.5 Å². The maximum atomic E-state index is 13.4. The zero-order valence-electron chi connectivity index (χ0n) is 20.7. The lowest BCUT2D eigenvalue weighted by atomic mass is 10.0. The molecular weight excluding hydrogens is 551 g/mol. The maximum Gasteiger partial charge on any atom is 0.490 e. The van der Waals surface area contributed by atoms with Crippen LogP contribution in [0.3, 0.4) is 0 Å². The van der Waals surface area contributed by atoms with Gasteiger partial charge in [0.2, 0.25) is 10.0 Å². The quantitative estimate of drug-likeness (QED) is 0.330. The zero-order chi connectivity index (χ0) is 28.5. The first-order chi connectivity index (χ1) is 19.1. The van der Waals surface area contributed by atoms with Gasteiger partial charge >= 0.3 is 12.1 Å². The molecule has 5 rings (SSSR count). The van der Waals surface area contributed by atoms with E-state index in [4.69, 9.17) is 0 Å². The molecule has 4 heterocycles. The van der Waals surface area contributed by atoms with Crippen molar-refractivity contribution < 1.29 is 31.1 Å². The van der Waals surface area contributed by atoms with E-state index in [0.717, 1.165) is 9.69 Å². The minimum absolute atomic E-state index is 0.00390. The zero-order valence-corrected chi connectivity index (χ0v) is 21.6. The number of nitriles is 1. The molecule has 0 bridgehead atoms. The lowest BCUT2D eigenvalue weighted by Gasteiger charge is -2.31. The lowest BCUT2D eigenvalue weighted by molar-refractivity contribution is -0.206. The second-order valence-electron chi connectivity index (χ2n) is 9.13. The fourth-order valence-corrected chi connectivity index (χ4v) is 6.15. The van der Waals surface area contributed by atoms with Crippen molar-refractivity contribution >= 4 is 27.0 Å². The number of ether oxygens (including phenoxy) is 1. The summed E-state index contributed by atoms with van der Waals surface area (Å²) in [7, 11) is -4.01. The summed E-state index contributed by atoms with van der Waals surface area (Å²) < 4.78 is 71.4. The lowest BCUT2D eigenvalue weighted by Crippen LogP contribution is -2.42. The van der Waals surface area contributed by atoms with E-state index >= 15 is 0 Å². The molecule has 40 heavy (non-hydrogen) atoms. The van der Waals surface area contributed by atoms with Crippen molar-refractivity contribution in [2.45, 2.75) is 42.5 Å². The highest BCUT2D eigenvalue weighted by Crippen LogP contribution is 2.30. The maximum absolute atomic E-state index is 13.4. The molecule has 15 heteroatoms. The number of nitrogens with zero attached hydrogens (tertiary/aromatic N) is 6. The van der Waals surface area contributed by atoms with Crippen LogP contribution in [0.15, 0.2) is 60.1 Å². The average Bonchev–Trinajstić information content (AvgIpc) is 3.62. The summed E-state index contributed by atoms with van der Waals surface area (Å²) in [6, 6.07) is 9.48. The third kappa shape index (κ3) is 5.40. The van der Waals surface area contributed by atoms with Gasteiger partial charge in [-0.25, -0.2) is 23.2 Å². The van der Waals surface area contributed by atoms with Crippen LogP contribution in [0.5, 0.6) is 0 Å². The second-order valence-corrected chi connectivity index (χ2v) is 11.1. The number of carbonyl (C=O) groups is 1. The topological polar surface area (TPSA) is 147 Å². The van der Waals surface area contributed by atoms with Crippen LogP contribution in [0.1, 0.15) is 30.9 Å². The SMILES string of the molecule is N#CCC(c1cccc(S(=O)(=O)N2CCC(OC(=O)C(F)(F)F)CC2)c1)n1cc(-c2ncnc3[nH]ccc23)cn1. The minimum atomic E-state index is -5.11. The number of aromatic amines is 1. The van der Waals surface area contributed by atoms with Crippen molar-refractivity contribution in [3.63, 3.8) is 0 Å². The van der Waals surface area contributed by atoms with E-state index in [1.807, 2.05) is 6.07 Å². The summed E-state index contributed by atoms with van der Waals surface area (Å²) in [5, 5.41) is 14.7. The van der Waals surface area contributed by atoms with Crippen LogP contribution in [-0.2, 0) is 19.6 Å². The smallest absolute Gasteiger partial charge is 0.456 e. The first kappa shape index (κ1) is 27.3. The van der Waals surface area contributed by atoms with Crippen LogP contribution in [0.2, 0.25) is 0 Å². The summed E-state index contributed by atoms with van der Waals surface area (Å²) >= 11 is 0. The minimum Gasteiger partial charge on any atom is -0.456 e. The van der Waals surface area contributed by atoms with E-state index in [1.165, 1.54) is 18.5 Å². The molecule has 1 aromatic carbocycles. The number of aromatic nitrogens is 5. The Bertz CT molecular complexity index is 1690. The van der Waals surface area contributed by atoms with Crippen LogP contribution in [0.4, 0.5) is 13.2 Å². The Hall–Kier alpha value is -4.29. The van der Waals surface area contributed by atoms with Gasteiger partial charge in [-0.15, -0.1) is 0 Å². The Morgan fingerprint density at radius 1 is 1.23 bits per heavy atom. The number of esters is 1. The van der Waals surface area contributed by atoms with Crippen molar-refractivity contribution in [1.82, 2.24) is 29.0 Å². The van der Waals surface area contributed by atoms with Crippen molar-refractivity contribution in [3.8, 4) is 17.3 Å². The molecule has 0 saturated carbocycles. The van der Waals surface area contributed by atoms with Gasteiger partial charge in [-0.3, -0.25) is 4.68 Å². The van der Waals surface area contributed by atoms with E-state index in [1.54, 1.807) is 35.4 Å². The standard InChI is InChI=1S/C25H22F3N7O4S/c26-25(27,28)24(36)39-18-6-10-34(11-7-18)40(37,38)19-3-1-2-16(12-19)21(4-8-29)35-14-17(13-33-35)22-20-5-9-30-23(20)32-15-31-22/h1-3,5,9,12-15,18,21H,4,6-7,10-11H2,(H,30,31,32). The third-order valence-corrected chi connectivity index (χ3v) is 8.51. The van der Waals surface area contributed by atoms with Crippen molar-refractivity contribution in [3.05, 3.63) is 60.8 Å². The number of carbonyl (C=O) groups excluding carboxylic acids is 1. The predicted octanol–water partition coefficient (Wildman–Crippen LogP) is 3.58. The molecule has 0 spiro atoms. The van der Waals surface area contributed by atoms with Crippen LogP contribution in [0.25, 0.3) is 22.3 Å². The first-order valence-electron chi connectivity index (χ1n) is 12.2. The molecule has 11 nitrogen and oxygen atoms in total. The first-order valence-corrected chi connectivity index (χ1v) is 13.6. The van der Waals surface area contributed by atoms with Crippen molar-refractivity contribution in [1.29, 1.82) is 5.26 Å². The Kier molecular flexibility index (Phi) is 7.30. The number of nitrogens with one attached hydrogen (secondary N) is 1. The van der Waals surface area contributed by atoms with Gasteiger partial charge < -0.3 is 9.72 Å². The third-order valence-electron chi connectivity index (χ3n) is 6.62. The predicted molar refractivity (Wildman–Crippen MR) is 134 cm³/mol. The normalized spacial score (nSPS) is 16.1. The van der Waals surface area contributed by atoms with E-state index in [2.05, 4.69) is 30.9 Å². The van der Waals surface area contributed by atoms with Gasteiger partial charge in [-0.2, -0.15) is 27.8 Å². The van der Waals surface area contributed by atoms with E-state index < -0.39 is 34.3 Å². The molecule has 0 aliphatic carbocycles. The Balaban J connectivity index is 1.36. The fourth-order valence-electron chi connectivity index (χ4n) is 4.62. The van der Waals surface area contributed by atoms with E-state index in [9.17, 15) is 31.6 Å². The van der Waals surface area contributed by atoms with Gasteiger partial charge in [-0.05, 0) is 36.6 Å². The number of benzene rings is 1. The fraction of sp³-hybridized carbons (Fsp3) is 0.320. The number of hydrogen-bond donors (Lipinski definition) is 1. The van der Waals surface area contributed by atoms with Gasteiger partial charge in [0, 0.05) is 36.4 Å². The number of piperidine rings is 1. The Labute approximate surface area is 226 Å². The second kappa shape index (κ2) is 10.7. The highest BCUT2D eigenvalue weighted by atomic mass is 32.2. The van der Waals surface area contributed by atoms with Gasteiger partial charge in [0.1, 0.15) is 18.1 Å². The van der Waals surface area contributed by atoms with Crippen LogP contribution in [-0.4, -0.2) is 68.8 Å². The number of sulfonamides is 1. The van der Waals surface area contributed by atoms with E-state index in [-0.39, 0.29) is 37.2 Å². The number of hydrogen-bond acceptors (Lipinski definition) is 8. The van der Waals surface area contributed by atoms with Crippen LogP contribution < -0.4 is 0 Å². The summed E-state index contributed by atoms with van der Waals surface area (Å²) in [6.07, 6.45) is 0.247. The highest BCUT2D eigenvalue weighted by Gasteiger charge is 2.43. The number of fused-ring (bicyclic) bond motifs is 1. The molecule has 1 saturated heterocycles. The summed E-state index contributed by atoms with van der Waals surface area (Å²) in [5.41, 5.74) is 2.52. The van der Waals surface area contributed by atoms with Crippen LogP contribution >= 0.6 is 0 Å². The number of rotatable bonds is 7.